The Bertz CT molecular complexity index is 629. The fraction of sp³-hybridized carbons (Fsp3) is 0.294. The summed E-state index contributed by atoms with van der Waals surface area (Å²) in [5.41, 5.74) is 9.74. The van der Waals surface area contributed by atoms with E-state index >= 15 is 0 Å². The quantitative estimate of drug-likeness (QED) is 0.944. The van der Waals surface area contributed by atoms with Crippen molar-refractivity contribution in [2.24, 2.45) is 5.73 Å². The smallest absolute Gasteiger partial charge is 0.0666 e. The van der Waals surface area contributed by atoms with Crippen molar-refractivity contribution in [3.63, 3.8) is 0 Å². The Hall–Kier alpha value is -1.71. The van der Waals surface area contributed by atoms with Crippen molar-refractivity contribution < 1.29 is 0 Å². The monoisotopic (exact) mass is 301 g/mol. The molecule has 3 rings (SSSR count). The summed E-state index contributed by atoms with van der Waals surface area (Å²) in [5, 5.41) is 0.758. The summed E-state index contributed by atoms with van der Waals surface area (Å²) in [7, 11) is 2.13. The van der Waals surface area contributed by atoms with Gasteiger partial charge in [-0.1, -0.05) is 35.9 Å². The van der Waals surface area contributed by atoms with Crippen LogP contribution in [0.15, 0.2) is 48.5 Å². The van der Waals surface area contributed by atoms with E-state index in [2.05, 4.69) is 47.2 Å². The molecule has 0 radical (unpaired) electrons. The molecule has 0 bridgehead atoms. The molecule has 1 aliphatic rings. The predicted molar refractivity (Wildman–Crippen MR) is 90.3 cm³/mol. The largest absolute Gasteiger partial charge is 0.371 e. The van der Waals surface area contributed by atoms with Crippen LogP contribution in [0.5, 0.6) is 0 Å². The summed E-state index contributed by atoms with van der Waals surface area (Å²) in [6.07, 6.45) is 0. The summed E-state index contributed by atoms with van der Waals surface area (Å²) in [4.78, 5) is 4.68. The fourth-order valence-electron chi connectivity index (χ4n) is 3.01. The highest BCUT2D eigenvalue weighted by molar-refractivity contribution is 6.30. The van der Waals surface area contributed by atoms with Gasteiger partial charge in [-0.25, -0.2) is 0 Å². The Labute approximate surface area is 130 Å². The number of anilines is 2. The summed E-state index contributed by atoms with van der Waals surface area (Å²) in [6.45, 7) is 2.52. The molecule has 4 heteroatoms. The number of nitrogens with two attached hydrogens (primary N) is 1. The van der Waals surface area contributed by atoms with E-state index < -0.39 is 0 Å². The van der Waals surface area contributed by atoms with Gasteiger partial charge >= 0.3 is 0 Å². The summed E-state index contributed by atoms with van der Waals surface area (Å²) in [6, 6.07) is 16.6. The molecule has 21 heavy (non-hydrogen) atoms. The molecule has 1 unspecified atom stereocenters. The molecule has 1 aliphatic heterocycles. The Morgan fingerprint density at radius 3 is 2.57 bits per heavy atom. The van der Waals surface area contributed by atoms with E-state index in [1.165, 1.54) is 16.9 Å². The molecule has 2 aromatic rings. The van der Waals surface area contributed by atoms with Crippen molar-refractivity contribution in [2.45, 2.75) is 6.04 Å². The second kappa shape index (κ2) is 5.96. The van der Waals surface area contributed by atoms with Gasteiger partial charge in [0.2, 0.25) is 0 Å². The molecule has 0 aromatic heterocycles. The number of nitrogens with zero attached hydrogens (tertiary/aromatic N) is 2. The van der Waals surface area contributed by atoms with Gasteiger partial charge in [0.15, 0.2) is 0 Å². The molecule has 0 saturated heterocycles. The van der Waals surface area contributed by atoms with Gasteiger partial charge in [-0.15, -0.1) is 0 Å². The second-order valence-corrected chi connectivity index (χ2v) is 5.85. The van der Waals surface area contributed by atoms with Crippen molar-refractivity contribution in [1.82, 2.24) is 0 Å². The van der Waals surface area contributed by atoms with E-state index in [0.717, 1.165) is 18.1 Å². The number of hydrogen-bond acceptors (Lipinski definition) is 3. The van der Waals surface area contributed by atoms with Gasteiger partial charge in [-0.05, 0) is 29.8 Å². The molecular weight excluding hydrogens is 282 g/mol. The second-order valence-electron chi connectivity index (χ2n) is 5.41. The average molecular weight is 302 g/mol. The van der Waals surface area contributed by atoms with Gasteiger partial charge in [-0.2, -0.15) is 0 Å². The number of rotatable bonds is 3. The number of likely N-dealkylation sites (N-methyl/N-ethyl adjacent to an activating group) is 1. The maximum Gasteiger partial charge on any atom is 0.0666 e. The van der Waals surface area contributed by atoms with Crippen LogP contribution in [-0.2, 0) is 0 Å². The van der Waals surface area contributed by atoms with Crippen molar-refractivity contribution in [3.8, 4) is 0 Å². The van der Waals surface area contributed by atoms with E-state index in [4.69, 9.17) is 17.3 Å². The third-order valence-corrected chi connectivity index (χ3v) is 4.35. The van der Waals surface area contributed by atoms with E-state index in [9.17, 15) is 0 Å². The van der Waals surface area contributed by atoms with Crippen LogP contribution in [0.4, 0.5) is 11.4 Å². The molecule has 1 atom stereocenters. The molecule has 3 nitrogen and oxygen atoms in total. The molecule has 0 amide bonds. The molecule has 0 spiro atoms. The lowest BCUT2D eigenvalue weighted by Crippen LogP contribution is -2.43. The van der Waals surface area contributed by atoms with Gasteiger partial charge < -0.3 is 15.5 Å². The lowest BCUT2D eigenvalue weighted by molar-refractivity contribution is 0.610. The molecule has 110 valence electrons. The topological polar surface area (TPSA) is 32.5 Å². The highest BCUT2D eigenvalue weighted by atomic mass is 35.5. The number of fused-ring (bicyclic) bond motifs is 1. The number of benzene rings is 2. The summed E-state index contributed by atoms with van der Waals surface area (Å²) >= 11 is 6.14. The van der Waals surface area contributed by atoms with Gasteiger partial charge in [0.25, 0.3) is 0 Å². The third kappa shape index (κ3) is 2.71. The van der Waals surface area contributed by atoms with Crippen LogP contribution in [0.25, 0.3) is 0 Å². The Morgan fingerprint density at radius 1 is 1.10 bits per heavy atom. The van der Waals surface area contributed by atoms with Crippen LogP contribution in [0.3, 0.4) is 0 Å². The van der Waals surface area contributed by atoms with Crippen molar-refractivity contribution in [2.75, 3.05) is 36.5 Å². The Morgan fingerprint density at radius 2 is 1.86 bits per heavy atom. The molecule has 2 aromatic carbocycles. The van der Waals surface area contributed by atoms with E-state index in [0.29, 0.717) is 6.54 Å². The van der Waals surface area contributed by atoms with Crippen LogP contribution in [-0.4, -0.2) is 26.7 Å². The lowest BCUT2D eigenvalue weighted by atomic mass is 10.0. The zero-order valence-corrected chi connectivity index (χ0v) is 12.9. The first kappa shape index (κ1) is 14.2. The van der Waals surface area contributed by atoms with Crippen LogP contribution >= 0.6 is 11.6 Å². The minimum Gasteiger partial charge on any atom is -0.371 e. The molecule has 0 fully saturated rings. The standard InChI is InChI=1S/C17H20ClN3/c1-20-9-10-21(16-8-3-2-7-15(16)20)17(12-19)13-5-4-6-14(18)11-13/h2-8,11,17H,9-10,12,19H2,1H3. The third-order valence-electron chi connectivity index (χ3n) is 4.11. The van der Waals surface area contributed by atoms with Gasteiger partial charge in [-0.3, -0.25) is 0 Å². The molecule has 2 N–H and O–H groups in total. The zero-order chi connectivity index (χ0) is 14.8. The highest BCUT2D eigenvalue weighted by Gasteiger charge is 2.26. The Balaban J connectivity index is 2.01. The van der Waals surface area contributed by atoms with E-state index in [-0.39, 0.29) is 6.04 Å². The minimum atomic E-state index is 0.151. The lowest BCUT2D eigenvalue weighted by Gasteiger charge is -2.41. The van der Waals surface area contributed by atoms with Gasteiger partial charge in [0.1, 0.15) is 0 Å². The molecule has 1 heterocycles. The van der Waals surface area contributed by atoms with Crippen molar-refractivity contribution in [3.05, 3.63) is 59.1 Å². The molecule has 0 saturated carbocycles. The predicted octanol–water partition coefficient (Wildman–Crippen LogP) is 3.30. The number of hydrogen-bond donors (Lipinski definition) is 1. The normalized spacial score (nSPS) is 15.8. The van der Waals surface area contributed by atoms with Crippen LogP contribution < -0.4 is 15.5 Å². The fourth-order valence-corrected chi connectivity index (χ4v) is 3.21. The van der Waals surface area contributed by atoms with E-state index in [1.807, 2.05) is 18.2 Å². The SMILES string of the molecule is CN1CCN(C(CN)c2cccc(Cl)c2)c2ccccc21. The average Bonchev–Trinajstić information content (AvgIpc) is 2.51. The molecule has 0 aliphatic carbocycles. The highest BCUT2D eigenvalue weighted by Crippen LogP contribution is 2.37. The number of para-hydroxylation sites is 2. The van der Waals surface area contributed by atoms with Crippen molar-refractivity contribution >= 4 is 23.0 Å². The summed E-state index contributed by atoms with van der Waals surface area (Å²) in [5.74, 6) is 0. The van der Waals surface area contributed by atoms with Gasteiger partial charge in [0, 0.05) is 31.7 Å². The van der Waals surface area contributed by atoms with Crippen LogP contribution in [0.1, 0.15) is 11.6 Å². The maximum atomic E-state index is 6.14. The maximum absolute atomic E-state index is 6.14. The summed E-state index contributed by atoms with van der Waals surface area (Å²) < 4.78 is 0. The first-order valence-electron chi connectivity index (χ1n) is 7.23. The molecular formula is C17H20ClN3. The van der Waals surface area contributed by atoms with Crippen LogP contribution in [0.2, 0.25) is 5.02 Å². The van der Waals surface area contributed by atoms with Gasteiger partial charge in [0.05, 0.1) is 17.4 Å². The van der Waals surface area contributed by atoms with Crippen molar-refractivity contribution in [1.29, 1.82) is 0 Å². The minimum absolute atomic E-state index is 0.151. The number of halogens is 1. The zero-order valence-electron chi connectivity index (χ0n) is 12.2. The first-order valence-corrected chi connectivity index (χ1v) is 7.61. The first-order chi connectivity index (χ1) is 10.2. The van der Waals surface area contributed by atoms with E-state index in [1.54, 1.807) is 0 Å². The van der Waals surface area contributed by atoms with Crippen LogP contribution in [0, 0.1) is 0 Å². The Kier molecular flexibility index (Phi) is 4.04.